The van der Waals surface area contributed by atoms with Gasteiger partial charge in [0.25, 0.3) is 0 Å². The standard InChI is InChI=1S/C23H30N4O3/c1-16-11-18(5-6-21(16)30-4)14-27-10-9-25-23(29)20(27)12-22(28)26(3)15-19-7-8-24-13-17(19)2/h5-8,11,13,20H,9-10,12,14-15H2,1-4H3,(H,25,29)/t20-/m0/s1. The van der Waals surface area contributed by atoms with Crippen LogP contribution in [0.2, 0.25) is 0 Å². The number of hydrogen-bond donors (Lipinski definition) is 1. The van der Waals surface area contributed by atoms with E-state index in [1.807, 2.05) is 32.0 Å². The predicted molar refractivity (Wildman–Crippen MR) is 115 cm³/mol. The van der Waals surface area contributed by atoms with E-state index in [-0.39, 0.29) is 18.2 Å². The molecule has 1 atom stereocenters. The molecule has 7 nitrogen and oxygen atoms in total. The van der Waals surface area contributed by atoms with Gasteiger partial charge in [-0.15, -0.1) is 0 Å². The first-order valence-corrected chi connectivity index (χ1v) is 10.2. The smallest absolute Gasteiger partial charge is 0.237 e. The van der Waals surface area contributed by atoms with E-state index in [0.717, 1.165) is 28.0 Å². The highest BCUT2D eigenvalue weighted by Gasteiger charge is 2.32. The molecule has 1 fully saturated rings. The van der Waals surface area contributed by atoms with Crippen LogP contribution in [0, 0.1) is 13.8 Å². The third-order valence-corrected chi connectivity index (χ3v) is 5.62. The average molecular weight is 411 g/mol. The number of carbonyl (C=O) groups is 2. The first-order valence-electron chi connectivity index (χ1n) is 10.2. The Kier molecular flexibility index (Phi) is 7.05. The summed E-state index contributed by atoms with van der Waals surface area (Å²) in [5, 5.41) is 2.90. The van der Waals surface area contributed by atoms with Crippen LogP contribution in [0.1, 0.15) is 28.7 Å². The van der Waals surface area contributed by atoms with Crippen LogP contribution in [0.4, 0.5) is 0 Å². The first kappa shape index (κ1) is 21.8. The fourth-order valence-corrected chi connectivity index (χ4v) is 3.79. The minimum atomic E-state index is -0.477. The van der Waals surface area contributed by atoms with Gasteiger partial charge in [-0.2, -0.15) is 0 Å². The zero-order valence-electron chi connectivity index (χ0n) is 18.1. The van der Waals surface area contributed by atoms with E-state index < -0.39 is 6.04 Å². The molecular formula is C23H30N4O3. The molecular weight excluding hydrogens is 380 g/mol. The molecule has 3 rings (SSSR count). The Bertz CT molecular complexity index is 915. The van der Waals surface area contributed by atoms with Crippen LogP contribution in [-0.2, 0) is 22.7 Å². The lowest BCUT2D eigenvalue weighted by Crippen LogP contribution is -2.56. The maximum atomic E-state index is 12.9. The van der Waals surface area contributed by atoms with Gasteiger partial charge in [0.15, 0.2) is 0 Å². The fourth-order valence-electron chi connectivity index (χ4n) is 3.79. The molecule has 0 aliphatic carbocycles. The molecule has 1 aliphatic rings. The van der Waals surface area contributed by atoms with Crippen molar-refractivity contribution in [2.45, 2.75) is 39.4 Å². The van der Waals surface area contributed by atoms with Crippen LogP contribution >= 0.6 is 0 Å². The molecule has 2 amide bonds. The van der Waals surface area contributed by atoms with Gasteiger partial charge >= 0.3 is 0 Å². The number of amides is 2. The normalized spacial score (nSPS) is 16.8. The van der Waals surface area contributed by atoms with Crippen molar-refractivity contribution in [3.63, 3.8) is 0 Å². The Morgan fingerprint density at radius 2 is 2.10 bits per heavy atom. The van der Waals surface area contributed by atoms with Crippen molar-refractivity contribution in [1.29, 1.82) is 0 Å². The molecule has 2 heterocycles. The highest BCUT2D eigenvalue weighted by molar-refractivity contribution is 5.88. The number of ether oxygens (including phenoxy) is 1. The lowest BCUT2D eigenvalue weighted by Gasteiger charge is -2.35. The Morgan fingerprint density at radius 3 is 2.80 bits per heavy atom. The molecule has 1 aromatic heterocycles. The van der Waals surface area contributed by atoms with Gasteiger partial charge in [-0.3, -0.25) is 19.5 Å². The van der Waals surface area contributed by atoms with E-state index in [2.05, 4.69) is 21.3 Å². The maximum Gasteiger partial charge on any atom is 0.237 e. The van der Waals surface area contributed by atoms with Gasteiger partial charge in [-0.25, -0.2) is 0 Å². The highest BCUT2D eigenvalue weighted by atomic mass is 16.5. The zero-order valence-corrected chi connectivity index (χ0v) is 18.1. The van der Waals surface area contributed by atoms with E-state index in [4.69, 9.17) is 4.74 Å². The number of aryl methyl sites for hydroxylation is 2. The van der Waals surface area contributed by atoms with Gasteiger partial charge in [0.05, 0.1) is 19.6 Å². The summed E-state index contributed by atoms with van der Waals surface area (Å²) in [5.41, 5.74) is 4.25. The summed E-state index contributed by atoms with van der Waals surface area (Å²) in [5.74, 6) is 0.701. The van der Waals surface area contributed by atoms with Crippen LogP contribution in [-0.4, -0.2) is 59.9 Å². The van der Waals surface area contributed by atoms with Gasteiger partial charge in [0, 0.05) is 45.6 Å². The summed E-state index contributed by atoms with van der Waals surface area (Å²) in [6, 6.07) is 7.47. The Morgan fingerprint density at radius 1 is 1.30 bits per heavy atom. The Hall–Kier alpha value is -2.93. The van der Waals surface area contributed by atoms with Crippen molar-refractivity contribution >= 4 is 11.8 Å². The van der Waals surface area contributed by atoms with Crippen LogP contribution < -0.4 is 10.1 Å². The van der Waals surface area contributed by atoms with Crippen LogP contribution in [0.5, 0.6) is 5.75 Å². The molecule has 0 saturated carbocycles. The van der Waals surface area contributed by atoms with Crippen molar-refractivity contribution in [3.8, 4) is 5.75 Å². The van der Waals surface area contributed by atoms with Crippen LogP contribution in [0.3, 0.4) is 0 Å². The second-order valence-corrected chi connectivity index (χ2v) is 7.84. The molecule has 1 N–H and O–H groups in total. The third-order valence-electron chi connectivity index (χ3n) is 5.62. The lowest BCUT2D eigenvalue weighted by atomic mass is 10.0. The van der Waals surface area contributed by atoms with Crippen LogP contribution in [0.25, 0.3) is 0 Å². The van der Waals surface area contributed by atoms with E-state index in [1.54, 1.807) is 31.5 Å². The molecule has 0 unspecified atom stereocenters. The number of piperazine rings is 1. The van der Waals surface area contributed by atoms with Crippen molar-refractivity contribution < 1.29 is 14.3 Å². The number of hydrogen-bond acceptors (Lipinski definition) is 5. The molecule has 0 bridgehead atoms. The van der Waals surface area contributed by atoms with Crippen molar-refractivity contribution in [2.75, 3.05) is 27.2 Å². The monoisotopic (exact) mass is 410 g/mol. The number of aromatic nitrogens is 1. The van der Waals surface area contributed by atoms with E-state index >= 15 is 0 Å². The molecule has 0 radical (unpaired) electrons. The minimum Gasteiger partial charge on any atom is -0.496 e. The molecule has 0 spiro atoms. The van der Waals surface area contributed by atoms with Gasteiger partial charge < -0.3 is 15.0 Å². The second kappa shape index (κ2) is 9.71. The highest BCUT2D eigenvalue weighted by Crippen LogP contribution is 2.21. The van der Waals surface area contributed by atoms with Crippen molar-refractivity contribution in [2.24, 2.45) is 0 Å². The summed E-state index contributed by atoms with van der Waals surface area (Å²) < 4.78 is 5.33. The van der Waals surface area contributed by atoms with Crippen molar-refractivity contribution in [1.82, 2.24) is 20.1 Å². The van der Waals surface area contributed by atoms with Gasteiger partial charge in [-0.1, -0.05) is 12.1 Å². The summed E-state index contributed by atoms with van der Waals surface area (Å²) >= 11 is 0. The van der Waals surface area contributed by atoms with E-state index in [1.165, 1.54) is 0 Å². The topological polar surface area (TPSA) is 74.8 Å². The number of rotatable bonds is 7. The van der Waals surface area contributed by atoms with E-state index in [9.17, 15) is 9.59 Å². The Balaban J connectivity index is 1.68. The number of methoxy groups -OCH3 is 1. The zero-order chi connectivity index (χ0) is 21.7. The third kappa shape index (κ3) is 5.16. The van der Waals surface area contributed by atoms with Crippen molar-refractivity contribution in [3.05, 3.63) is 58.9 Å². The first-order chi connectivity index (χ1) is 14.4. The Labute approximate surface area is 178 Å². The summed E-state index contributed by atoms with van der Waals surface area (Å²) in [7, 11) is 3.43. The quantitative estimate of drug-likeness (QED) is 0.756. The molecule has 1 aromatic carbocycles. The molecule has 1 aliphatic heterocycles. The average Bonchev–Trinajstić information content (AvgIpc) is 2.72. The minimum absolute atomic E-state index is 0.0517. The summed E-state index contributed by atoms with van der Waals surface area (Å²) in [4.78, 5) is 33.3. The summed E-state index contributed by atoms with van der Waals surface area (Å²) in [6.07, 6.45) is 3.68. The number of pyridine rings is 1. The number of carbonyl (C=O) groups excluding carboxylic acids is 2. The largest absolute Gasteiger partial charge is 0.496 e. The van der Waals surface area contributed by atoms with Gasteiger partial charge in [0.1, 0.15) is 5.75 Å². The van der Waals surface area contributed by atoms with Gasteiger partial charge in [0.2, 0.25) is 11.8 Å². The fraction of sp³-hybridized carbons (Fsp3) is 0.435. The van der Waals surface area contributed by atoms with E-state index in [0.29, 0.717) is 26.2 Å². The molecule has 160 valence electrons. The number of nitrogens with one attached hydrogen (secondary N) is 1. The number of benzene rings is 1. The molecule has 30 heavy (non-hydrogen) atoms. The van der Waals surface area contributed by atoms with Gasteiger partial charge in [-0.05, 0) is 48.2 Å². The second-order valence-electron chi connectivity index (χ2n) is 7.84. The maximum absolute atomic E-state index is 12.9. The predicted octanol–water partition coefficient (Wildman–Crippen LogP) is 2.06. The number of nitrogens with zero attached hydrogens (tertiary/aromatic N) is 3. The lowest BCUT2D eigenvalue weighted by molar-refractivity contribution is -0.138. The molecule has 2 aromatic rings. The van der Waals surface area contributed by atoms with Crippen LogP contribution in [0.15, 0.2) is 36.7 Å². The SMILES string of the molecule is COc1ccc(CN2CCNC(=O)[C@@H]2CC(=O)N(C)Cc2ccncc2C)cc1C. The molecule has 7 heteroatoms. The molecule has 1 saturated heterocycles. The summed E-state index contributed by atoms with van der Waals surface area (Å²) in [6.45, 7) is 6.39.